The molecule has 8 heteroatoms. The van der Waals surface area contributed by atoms with E-state index < -0.39 is 0 Å². The Morgan fingerprint density at radius 1 is 1.00 bits per heavy atom. The maximum absolute atomic E-state index is 12.4. The molecular formula is C18H18N6OS. The van der Waals surface area contributed by atoms with E-state index >= 15 is 0 Å². The van der Waals surface area contributed by atoms with Crippen LogP contribution in [0.1, 0.15) is 9.67 Å². The summed E-state index contributed by atoms with van der Waals surface area (Å²) in [6.45, 7) is 2.89. The van der Waals surface area contributed by atoms with E-state index in [1.807, 2.05) is 46.7 Å². The fourth-order valence-electron chi connectivity index (χ4n) is 2.84. The smallest absolute Gasteiger partial charge is 0.264 e. The highest BCUT2D eigenvalue weighted by atomic mass is 32.1. The summed E-state index contributed by atoms with van der Waals surface area (Å²) < 4.78 is 0. The van der Waals surface area contributed by atoms with Crippen molar-refractivity contribution in [2.24, 2.45) is 0 Å². The average Bonchev–Trinajstić information content (AvgIpc) is 3.24. The predicted octanol–water partition coefficient (Wildman–Crippen LogP) is 2.64. The first-order valence-corrected chi connectivity index (χ1v) is 9.26. The molecule has 0 aliphatic carbocycles. The van der Waals surface area contributed by atoms with Crippen LogP contribution in [0, 0.1) is 0 Å². The number of rotatable bonds is 4. The first-order valence-electron chi connectivity index (χ1n) is 8.38. The third kappa shape index (κ3) is 3.65. The van der Waals surface area contributed by atoms with Crippen LogP contribution in [0.15, 0.2) is 54.2 Å². The van der Waals surface area contributed by atoms with Gasteiger partial charge in [0.15, 0.2) is 11.6 Å². The molecule has 0 bridgehead atoms. The van der Waals surface area contributed by atoms with E-state index in [-0.39, 0.29) is 5.91 Å². The van der Waals surface area contributed by atoms with Gasteiger partial charge in [-0.05, 0) is 35.7 Å². The highest BCUT2D eigenvalue weighted by molar-refractivity contribution is 7.12. The Hall–Kier alpha value is -3.00. The average molecular weight is 366 g/mol. The molecule has 0 unspecified atom stereocenters. The molecule has 1 saturated heterocycles. The molecule has 1 aliphatic rings. The summed E-state index contributed by atoms with van der Waals surface area (Å²) in [7, 11) is 0. The van der Waals surface area contributed by atoms with Crippen LogP contribution < -0.4 is 10.2 Å². The zero-order valence-corrected chi connectivity index (χ0v) is 14.9. The van der Waals surface area contributed by atoms with E-state index in [2.05, 4.69) is 25.4 Å². The van der Waals surface area contributed by atoms with Crippen molar-refractivity contribution in [3.05, 3.63) is 59.0 Å². The molecule has 7 nitrogen and oxygen atoms in total. The van der Waals surface area contributed by atoms with Crippen LogP contribution in [0.3, 0.4) is 0 Å². The molecule has 26 heavy (non-hydrogen) atoms. The zero-order valence-electron chi connectivity index (χ0n) is 14.1. The number of hydrogen-bond acceptors (Lipinski definition) is 7. The lowest BCUT2D eigenvalue weighted by atomic mass is 10.3. The van der Waals surface area contributed by atoms with Crippen LogP contribution >= 0.6 is 11.3 Å². The second-order valence-corrected chi connectivity index (χ2v) is 6.84. The Balaban J connectivity index is 1.35. The summed E-state index contributed by atoms with van der Waals surface area (Å²) >= 11 is 1.49. The van der Waals surface area contributed by atoms with Gasteiger partial charge in [0.2, 0.25) is 0 Å². The van der Waals surface area contributed by atoms with Gasteiger partial charge in [0.25, 0.3) is 5.91 Å². The van der Waals surface area contributed by atoms with Gasteiger partial charge in [-0.1, -0.05) is 6.07 Å². The minimum Gasteiger partial charge on any atom is -0.352 e. The minimum absolute atomic E-state index is 0.114. The zero-order chi connectivity index (χ0) is 17.8. The molecule has 1 N–H and O–H groups in total. The molecule has 4 heterocycles. The van der Waals surface area contributed by atoms with Gasteiger partial charge in [0.05, 0.1) is 4.88 Å². The molecule has 1 amide bonds. The number of anilines is 3. The largest absolute Gasteiger partial charge is 0.352 e. The quantitative estimate of drug-likeness (QED) is 0.765. The summed E-state index contributed by atoms with van der Waals surface area (Å²) in [5, 5.41) is 13.7. The Labute approximate surface area is 155 Å². The van der Waals surface area contributed by atoms with Crippen LogP contribution in [-0.4, -0.2) is 52.2 Å². The number of nitrogens with zero attached hydrogens (tertiary/aromatic N) is 5. The topological polar surface area (TPSA) is 74.2 Å². The third-order valence-electron chi connectivity index (χ3n) is 4.23. The van der Waals surface area contributed by atoms with Gasteiger partial charge >= 0.3 is 0 Å². The van der Waals surface area contributed by atoms with Crippen LogP contribution in [0.4, 0.5) is 17.3 Å². The molecule has 0 spiro atoms. The van der Waals surface area contributed by atoms with Crippen molar-refractivity contribution in [3.63, 3.8) is 0 Å². The second-order valence-electron chi connectivity index (χ2n) is 5.89. The molecular weight excluding hydrogens is 348 g/mol. The SMILES string of the molecule is O=C(c1cccs1)N1CCN(c2ccc(Nc3ccncc3)nn2)CC1. The van der Waals surface area contributed by atoms with Crippen LogP contribution in [0.25, 0.3) is 0 Å². The van der Waals surface area contributed by atoms with Gasteiger partial charge in [-0.2, -0.15) is 0 Å². The molecule has 132 valence electrons. The molecule has 1 fully saturated rings. The minimum atomic E-state index is 0.114. The lowest BCUT2D eigenvalue weighted by molar-refractivity contribution is 0.0751. The summed E-state index contributed by atoms with van der Waals surface area (Å²) in [5.74, 6) is 1.63. The van der Waals surface area contributed by atoms with Crippen molar-refractivity contribution in [1.29, 1.82) is 0 Å². The number of thiophene rings is 1. The van der Waals surface area contributed by atoms with Gasteiger partial charge in [0.1, 0.15) is 0 Å². The fourth-order valence-corrected chi connectivity index (χ4v) is 3.53. The number of carbonyl (C=O) groups excluding carboxylic acids is 1. The predicted molar refractivity (Wildman–Crippen MR) is 102 cm³/mol. The molecule has 3 aromatic heterocycles. The third-order valence-corrected chi connectivity index (χ3v) is 5.08. The lowest BCUT2D eigenvalue weighted by Crippen LogP contribution is -2.48. The van der Waals surface area contributed by atoms with Gasteiger partial charge in [0, 0.05) is 44.3 Å². The maximum Gasteiger partial charge on any atom is 0.264 e. The van der Waals surface area contributed by atoms with Crippen LogP contribution in [-0.2, 0) is 0 Å². The Morgan fingerprint density at radius 2 is 1.81 bits per heavy atom. The maximum atomic E-state index is 12.4. The van der Waals surface area contributed by atoms with E-state index in [9.17, 15) is 4.79 Å². The van der Waals surface area contributed by atoms with Crippen molar-refractivity contribution in [1.82, 2.24) is 20.1 Å². The monoisotopic (exact) mass is 366 g/mol. The van der Waals surface area contributed by atoms with E-state index in [0.717, 1.165) is 29.5 Å². The normalized spacial score (nSPS) is 14.3. The van der Waals surface area contributed by atoms with Crippen LogP contribution in [0.2, 0.25) is 0 Å². The van der Waals surface area contributed by atoms with Crippen molar-refractivity contribution < 1.29 is 4.79 Å². The first-order chi connectivity index (χ1) is 12.8. The first kappa shape index (κ1) is 16.5. The number of pyridine rings is 1. The number of nitrogens with one attached hydrogen (secondary N) is 1. The van der Waals surface area contributed by atoms with Crippen LogP contribution in [0.5, 0.6) is 0 Å². The van der Waals surface area contributed by atoms with Gasteiger partial charge in [-0.25, -0.2) is 0 Å². The van der Waals surface area contributed by atoms with E-state index in [1.54, 1.807) is 12.4 Å². The standard InChI is InChI=1S/C18H18N6OS/c25-18(15-2-1-13-26-15)24-11-9-23(10-12-24)17-4-3-16(21-22-17)20-14-5-7-19-8-6-14/h1-8,13H,9-12H2,(H,19,20,21). The lowest BCUT2D eigenvalue weighted by Gasteiger charge is -2.35. The summed E-state index contributed by atoms with van der Waals surface area (Å²) in [6.07, 6.45) is 3.45. The molecule has 1 aliphatic heterocycles. The van der Waals surface area contributed by atoms with Crippen molar-refractivity contribution in [2.75, 3.05) is 36.4 Å². The highest BCUT2D eigenvalue weighted by Gasteiger charge is 2.23. The molecule has 3 aromatic rings. The second kappa shape index (κ2) is 7.49. The van der Waals surface area contributed by atoms with Crippen molar-refractivity contribution in [2.45, 2.75) is 0 Å². The van der Waals surface area contributed by atoms with E-state index in [4.69, 9.17) is 0 Å². The number of piperazine rings is 1. The number of carbonyl (C=O) groups is 1. The summed E-state index contributed by atoms with van der Waals surface area (Å²) in [5.41, 5.74) is 0.919. The molecule has 0 radical (unpaired) electrons. The van der Waals surface area contributed by atoms with E-state index in [0.29, 0.717) is 18.9 Å². The van der Waals surface area contributed by atoms with Gasteiger partial charge in [-0.15, -0.1) is 21.5 Å². The Kier molecular flexibility index (Phi) is 4.74. The van der Waals surface area contributed by atoms with E-state index in [1.165, 1.54) is 11.3 Å². The van der Waals surface area contributed by atoms with Crippen molar-refractivity contribution >= 4 is 34.6 Å². The number of amides is 1. The summed E-state index contributed by atoms with van der Waals surface area (Å²) in [4.78, 5) is 21.2. The Bertz CT molecular complexity index is 845. The van der Waals surface area contributed by atoms with Gasteiger partial charge in [-0.3, -0.25) is 9.78 Å². The Morgan fingerprint density at radius 3 is 2.46 bits per heavy atom. The molecule has 0 atom stereocenters. The number of hydrogen-bond donors (Lipinski definition) is 1. The van der Waals surface area contributed by atoms with Gasteiger partial charge < -0.3 is 15.1 Å². The summed E-state index contributed by atoms with van der Waals surface area (Å²) in [6, 6.07) is 11.4. The highest BCUT2D eigenvalue weighted by Crippen LogP contribution is 2.18. The fraction of sp³-hybridized carbons (Fsp3) is 0.222. The molecule has 0 saturated carbocycles. The number of aromatic nitrogens is 3. The van der Waals surface area contributed by atoms with Crippen molar-refractivity contribution in [3.8, 4) is 0 Å². The molecule has 0 aromatic carbocycles. The molecule has 4 rings (SSSR count).